The third-order valence-corrected chi connectivity index (χ3v) is 18.7. The number of nitrogens with zero attached hydrogens (tertiary/aromatic N) is 1. The molecule has 0 aliphatic rings. The van der Waals surface area contributed by atoms with Crippen molar-refractivity contribution in [2.75, 3.05) is 47.5 Å². The Labute approximate surface area is 596 Å². The van der Waals surface area contributed by atoms with Crippen molar-refractivity contribution in [1.29, 1.82) is 0 Å². The van der Waals surface area contributed by atoms with Crippen molar-refractivity contribution >= 4 is 17.9 Å². The smallest absolute Gasteiger partial charge is 0.361 e. The van der Waals surface area contributed by atoms with E-state index in [1.807, 2.05) is 21.1 Å². The molecule has 560 valence electrons. The molecule has 0 saturated heterocycles. The van der Waals surface area contributed by atoms with E-state index in [4.69, 9.17) is 18.9 Å². The van der Waals surface area contributed by atoms with Gasteiger partial charge in [0, 0.05) is 12.8 Å². The third-order valence-electron chi connectivity index (χ3n) is 18.7. The van der Waals surface area contributed by atoms with Gasteiger partial charge in [-0.15, -0.1) is 0 Å². The molecule has 0 heterocycles. The van der Waals surface area contributed by atoms with Crippen molar-refractivity contribution in [3.8, 4) is 0 Å². The van der Waals surface area contributed by atoms with Crippen LogP contribution in [0.4, 0.5) is 0 Å². The number of quaternary nitrogens is 1. The van der Waals surface area contributed by atoms with Crippen molar-refractivity contribution in [1.82, 2.24) is 0 Å². The molecule has 0 spiro atoms. The number of carbonyl (C=O) groups excluding carboxylic acids is 2. The van der Waals surface area contributed by atoms with Crippen LogP contribution < -0.4 is 0 Å². The van der Waals surface area contributed by atoms with Gasteiger partial charge in [0.25, 0.3) is 6.29 Å². The van der Waals surface area contributed by atoms with Crippen molar-refractivity contribution in [3.05, 3.63) is 72.9 Å². The van der Waals surface area contributed by atoms with Crippen molar-refractivity contribution < 1.29 is 42.9 Å². The van der Waals surface area contributed by atoms with Gasteiger partial charge < -0.3 is 28.5 Å². The molecule has 0 aliphatic heterocycles. The molecule has 2 unspecified atom stereocenters. The zero-order valence-corrected chi connectivity index (χ0v) is 64.3. The van der Waals surface area contributed by atoms with Crippen LogP contribution in [0.1, 0.15) is 406 Å². The van der Waals surface area contributed by atoms with Crippen LogP contribution in [0.25, 0.3) is 0 Å². The van der Waals surface area contributed by atoms with Gasteiger partial charge in [-0.25, -0.2) is 4.79 Å². The van der Waals surface area contributed by atoms with E-state index in [9.17, 15) is 19.5 Å². The first-order valence-corrected chi connectivity index (χ1v) is 41.6. The highest BCUT2D eigenvalue weighted by Gasteiger charge is 2.25. The summed E-state index contributed by atoms with van der Waals surface area (Å²) in [6, 6.07) is 0. The number of likely N-dealkylation sites (N-methyl/N-ethyl adjacent to an activating group) is 1. The Morgan fingerprint density at radius 1 is 0.323 bits per heavy atom. The zero-order chi connectivity index (χ0) is 69.7. The number of hydrogen-bond acceptors (Lipinski definition) is 7. The van der Waals surface area contributed by atoms with Gasteiger partial charge in [-0.1, -0.05) is 401 Å². The lowest BCUT2D eigenvalue weighted by molar-refractivity contribution is -0.870. The Morgan fingerprint density at radius 2 is 0.594 bits per heavy atom. The van der Waals surface area contributed by atoms with Crippen LogP contribution in [0.3, 0.4) is 0 Å². The number of esters is 2. The summed E-state index contributed by atoms with van der Waals surface area (Å²) in [4.78, 5) is 37.8. The van der Waals surface area contributed by atoms with E-state index in [1.54, 1.807) is 0 Å². The molecule has 0 aliphatic carbocycles. The summed E-state index contributed by atoms with van der Waals surface area (Å²) in [7, 11) is 6.00. The minimum absolute atomic E-state index is 0.177. The van der Waals surface area contributed by atoms with Crippen LogP contribution in [0.2, 0.25) is 0 Å². The highest BCUT2D eigenvalue weighted by Crippen LogP contribution is 2.20. The maximum absolute atomic E-state index is 13.0. The molecule has 0 aromatic heterocycles. The van der Waals surface area contributed by atoms with Crippen molar-refractivity contribution in [3.63, 3.8) is 0 Å². The largest absolute Gasteiger partial charge is 0.477 e. The first kappa shape index (κ1) is 92.7. The first-order valence-electron chi connectivity index (χ1n) is 41.6. The van der Waals surface area contributed by atoms with E-state index in [-0.39, 0.29) is 38.2 Å². The summed E-state index contributed by atoms with van der Waals surface area (Å²) >= 11 is 0. The number of carbonyl (C=O) groups is 3. The second kappa shape index (κ2) is 77.5. The Bertz CT molecular complexity index is 1810. The molecule has 1 N–H and O–H groups in total. The maximum Gasteiger partial charge on any atom is 0.361 e. The zero-order valence-electron chi connectivity index (χ0n) is 64.3. The molecular formula is C87H160NO8+. The van der Waals surface area contributed by atoms with E-state index in [2.05, 4.69) is 86.8 Å². The number of allylic oxidation sites excluding steroid dienone is 12. The Morgan fingerprint density at radius 3 is 0.885 bits per heavy atom. The number of unbranched alkanes of at least 4 members (excludes halogenated alkanes) is 51. The Balaban J connectivity index is 3.97. The fraction of sp³-hybridized carbons (Fsp3) is 0.828. The topological polar surface area (TPSA) is 108 Å². The van der Waals surface area contributed by atoms with Crippen LogP contribution in [0.15, 0.2) is 72.9 Å². The summed E-state index contributed by atoms with van der Waals surface area (Å²) in [6.45, 7) is 4.84. The summed E-state index contributed by atoms with van der Waals surface area (Å²) in [5.41, 5.74) is 0. The molecule has 0 fully saturated rings. The van der Waals surface area contributed by atoms with Gasteiger partial charge in [0.05, 0.1) is 34.4 Å². The number of ether oxygens (including phenoxy) is 4. The van der Waals surface area contributed by atoms with Crippen molar-refractivity contribution in [2.24, 2.45) is 0 Å². The number of hydrogen-bond donors (Lipinski definition) is 1. The Hall–Kier alpha value is -3.27. The lowest BCUT2D eigenvalue weighted by Gasteiger charge is -2.25. The summed E-state index contributed by atoms with van der Waals surface area (Å²) in [5.74, 6) is -1.98. The highest BCUT2D eigenvalue weighted by molar-refractivity contribution is 5.71. The molecule has 9 heteroatoms. The van der Waals surface area contributed by atoms with Gasteiger partial charge in [0.2, 0.25) is 0 Å². The maximum atomic E-state index is 13.0. The van der Waals surface area contributed by atoms with E-state index in [0.717, 1.165) is 77.0 Å². The van der Waals surface area contributed by atoms with Gasteiger partial charge in [-0.3, -0.25) is 9.59 Å². The minimum atomic E-state index is -1.51. The van der Waals surface area contributed by atoms with E-state index in [0.29, 0.717) is 17.4 Å². The Kier molecular flexibility index (Phi) is 74.8. The van der Waals surface area contributed by atoms with E-state index >= 15 is 0 Å². The second-order valence-electron chi connectivity index (χ2n) is 29.4. The average Bonchev–Trinajstić information content (AvgIpc) is 2.74. The normalized spacial score (nSPS) is 13.0. The van der Waals surface area contributed by atoms with Gasteiger partial charge in [0.1, 0.15) is 13.2 Å². The predicted octanol–water partition coefficient (Wildman–Crippen LogP) is 26.8. The highest BCUT2D eigenvalue weighted by atomic mass is 16.7. The average molecular weight is 1350 g/mol. The number of rotatable bonds is 78. The summed E-state index contributed by atoms with van der Waals surface area (Å²) in [6.07, 6.45) is 102. The first-order chi connectivity index (χ1) is 47.1. The van der Waals surface area contributed by atoms with Gasteiger partial charge in [-0.05, 0) is 64.2 Å². The van der Waals surface area contributed by atoms with Gasteiger partial charge >= 0.3 is 17.9 Å². The summed E-state index contributed by atoms with van der Waals surface area (Å²) in [5, 5.41) is 9.78. The number of carboxylic acid groups (broad SMARTS) is 1. The molecule has 0 amide bonds. The van der Waals surface area contributed by atoms with Crippen LogP contribution >= 0.6 is 0 Å². The van der Waals surface area contributed by atoms with Gasteiger partial charge in [0.15, 0.2) is 6.10 Å². The van der Waals surface area contributed by atoms with Crippen LogP contribution in [0.5, 0.6) is 0 Å². The molecule has 96 heavy (non-hydrogen) atoms. The van der Waals surface area contributed by atoms with E-state index in [1.165, 1.54) is 302 Å². The fourth-order valence-electron chi connectivity index (χ4n) is 12.4. The lowest BCUT2D eigenvalue weighted by atomic mass is 10.0. The fourth-order valence-corrected chi connectivity index (χ4v) is 12.4. The standard InChI is InChI=1S/C87H159NO8/c1-6-8-10-12-14-16-18-20-22-24-26-28-30-32-34-36-38-40-42-43-44-46-48-50-52-54-56-58-60-62-64-66-68-70-72-74-76-78-85(90)96-83(82-95-87(86(91)92)93-80-79-88(3,4)5)81-94-84(89)77-75-73-71-69-67-65-63-61-59-57-55-53-51-49-47-45-41-39-37-35-33-31-29-27-25-23-21-19-17-15-13-11-9-7-2/h8,10,14,16,20,22,26,28,32,34,38,40,83,87H,6-7,9,11-13,15,17-19,21,23-25,27,29-31,33,35-37,39,41-82H2,1-5H3/p+1/b10-8-,16-14-,22-20-,28-26-,34-32-,40-38-. The molecule has 9 nitrogen and oxygen atoms in total. The molecule has 2 atom stereocenters. The second-order valence-corrected chi connectivity index (χ2v) is 29.4. The third kappa shape index (κ3) is 78.1. The SMILES string of the molecule is CC/C=C\C/C=C\C/C=C\C/C=C\C/C=C\C/C=C\CCCCCCCCCCCCCCCCCCCCC(=O)OC(COC(=O)CCCCCCCCCCCCCCCCCCCCCCCCCCCCCCCCCCCC)COC(OCC[N+](C)(C)C)C(=O)O. The van der Waals surface area contributed by atoms with E-state index < -0.39 is 18.4 Å². The molecule has 0 radical (unpaired) electrons. The minimum Gasteiger partial charge on any atom is -0.477 e. The number of aliphatic carboxylic acids is 1. The predicted molar refractivity (Wildman–Crippen MR) is 415 cm³/mol. The van der Waals surface area contributed by atoms with Crippen LogP contribution in [0, 0.1) is 0 Å². The molecule has 0 aromatic carbocycles. The molecule has 0 bridgehead atoms. The quantitative estimate of drug-likeness (QED) is 0.0211. The van der Waals surface area contributed by atoms with Crippen molar-refractivity contribution in [2.45, 2.75) is 418 Å². The summed E-state index contributed by atoms with van der Waals surface area (Å²) < 4.78 is 23.1. The monoisotopic (exact) mass is 1350 g/mol. The molecular weight excluding hydrogens is 1190 g/mol. The van der Waals surface area contributed by atoms with Crippen LogP contribution in [-0.4, -0.2) is 87.4 Å². The molecule has 0 saturated carbocycles. The number of carboxylic acids is 1. The van der Waals surface area contributed by atoms with Gasteiger partial charge in [-0.2, -0.15) is 0 Å². The van der Waals surface area contributed by atoms with Crippen LogP contribution in [-0.2, 0) is 33.3 Å². The molecule has 0 rings (SSSR count). The molecule has 0 aromatic rings. The lowest BCUT2D eigenvalue weighted by Crippen LogP contribution is -2.40.